The molecule has 1 fully saturated rings. The molecule has 2 nitrogen and oxygen atoms in total. The lowest BCUT2D eigenvalue weighted by Gasteiger charge is -2.10. The van der Waals surface area contributed by atoms with Gasteiger partial charge < -0.3 is 10.1 Å². The SMILES string of the molecule is Cc1ccsc1OC1CCNC1. The second-order valence-corrected chi connectivity index (χ2v) is 4.00. The molecule has 66 valence electrons. The van der Waals surface area contributed by atoms with Gasteiger partial charge >= 0.3 is 0 Å². The van der Waals surface area contributed by atoms with Crippen LogP contribution in [0.3, 0.4) is 0 Å². The van der Waals surface area contributed by atoms with Gasteiger partial charge in [0.25, 0.3) is 0 Å². The van der Waals surface area contributed by atoms with Crippen molar-refractivity contribution >= 4 is 11.3 Å². The van der Waals surface area contributed by atoms with Crippen molar-refractivity contribution in [2.75, 3.05) is 13.1 Å². The molecule has 0 saturated carbocycles. The Kier molecular flexibility index (Phi) is 2.33. The summed E-state index contributed by atoms with van der Waals surface area (Å²) in [7, 11) is 0. The number of thiophene rings is 1. The van der Waals surface area contributed by atoms with Crippen LogP contribution in [0.15, 0.2) is 11.4 Å². The number of hydrogen-bond donors (Lipinski definition) is 1. The van der Waals surface area contributed by atoms with Crippen LogP contribution >= 0.6 is 11.3 Å². The Labute approximate surface area is 76.6 Å². The minimum Gasteiger partial charge on any atom is -0.479 e. The molecule has 0 aliphatic carbocycles. The maximum atomic E-state index is 5.80. The van der Waals surface area contributed by atoms with Crippen LogP contribution in [0, 0.1) is 6.92 Å². The van der Waals surface area contributed by atoms with Crippen molar-refractivity contribution in [2.45, 2.75) is 19.4 Å². The molecule has 2 rings (SSSR count). The topological polar surface area (TPSA) is 21.3 Å². The van der Waals surface area contributed by atoms with E-state index in [1.807, 2.05) is 0 Å². The van der Waals surface area contributed by atoms with Gasteiger partial charge in [-0.3, -0.25) is 0 Å². The van der Waals surface area contributed by atoms with Crippen LogP contribution in [0.1, 0.15) is 12.0 Å². The fraction of sp³-hybridized carbons (Fsp3) is 0.556. The van der Waals surface area contributed by atoms with Crippen LogP contribution in [0.5, 0.6) is 5.06 Å². The molecule has 1 unspecified atom stereocenters. The first kappa shape index (κ1) is 8.08. The van der Waals surface area contributed by atoms with Crippen molar-refractivity contribution in [3.63, 3.8) is 0 Å². The van der Waals surface area contributed by atoms with Crippen molar-refractivity contribution in [2.24, 2.45) is 0 Å². The van der Waals surface area contributed by atoms with Gasteiger partial charge in [0.15, 0.2) is 5.06 Å². The number of rotatable bonds is 2. The van der Waals surface area contributed by atoms with Crippen LogP contribution in [-0.2, 0) is 0 Å². The summed E-state index contributed by atoms with van der Waals surface area (Å²) in [6, 6.07) is 2.10. The van der Waals surface area contributed by atoms with Gasteiger partial charge in [0.1, 0.15) is 6.10 Å². The number of ether oxygens (including phenoxy) is 1. The molecular weight excluding hydrogens is 170 g/mol. The number of aryl methyl sites for hydroxylation is 1. The van der Waals surface area contributed by atoms with Crippen LogP contribution in [0.2, 0.25) is 0 Å². The maximum Gasteiger partial charge on any atom is 0.177 e. The predicted octanol–water partition coefficient (Wildman–Crippen LogP) is 1.80. The zero-order chi connectivity index (χ0) is 8.39. The molecule has 0 spiro atoms. The van der Waals surface area contributed by atoms with E-state index in [1.54, 1.807) is 11.3 Å². The molecule has 1 aromatic rings. The summed E-state index contributed by atoms with van der Waals surface area (Å²) in [6.07, 6.45) is 1.53. The number of hydrogen-bond acceptors (Lipinski definition) is 3. The quantitative estimate of drug-likeness (QED) is 0.755. The number of nitrogens with one attached hydrogen (secondary N) is 1. The minimum absolute atomic E-state index is 0.391. The van der Waals surface area contributed by atoms with E-state index >= 15 is 0 Å². The third kappa shape index (κ3) is 1.62. The lowest BCUT2D eigenvalue weighted by atomic mass is 10.3. The summed E-state index contributed by atoms with van der Waals surface area (Å²) in [5.74, 6) is 0. The monoisotopic (exact) mass is 183 g/mol. The fourth-order valence-corrected chi connectivity index (χ4v) is 2.20. The van der Waals surface area contributed by atoms with E-state index < -0.39 is 0 Å². The first-order valence-electron chi connectivity index (χ1n) is 4.28. The van der Waals surface area contributed by atoms with E-state index in [4.69, 9.17) is 4.74 Å². The third-order valence-electron chi connectivity index (χ3n) is 2.10. The Morgan fingerprint density at radius 3 is 3.17 bits per heavy atom. The van der Waals surface area contributed by atoms with Gasteiger partial charge in [-0.2, -0.15) is 0 Å². The fourth-order valence-electron chi connectivity index (χ4n) is 1.36. The minimum atomic E-state index is 0.391. The molecule has 0 aromatic carbocycles. The van der Waals surface area contributed by atoms with Crippen molar-refractivity contribution in [1.29, 1.82) is 0 Å². The highest BCUT2D eigenvalue weighted by Gasteiger charge is 2.16. The van der Waals surface area contributed by atoms with Crippen molar-refractivity contribution in [3.8, 4) is 5.06 Å². The van der Waals surface area contributed by atoms with Gasteiger partial charge in [-0.1, -0.05) is 0 Å². The summed E-state index contributed by atoms with van der Waals surface area (Å²) in [4.78, 5) is 0. The van der Waals surface area contributed by atoms with Gasteiger partial charge in [0.05, 0.1) is 0 Å². The molecule has 1 aliphatic heterocycles. The first-order valence-corrected chi connectivity index (χ1v) is 5.15. The van der Waals surface area contributed by atoms with Gasteiger partial charge in [-0.15, -0.1) is 11.3 Å². The highest BCUT2D eigenvalue weighted by atomic mass is 32.1. The van der Waals surface area contributed by atoms with Crippen LogP contribution in [0.4, 0.5) is 0 Å². The molecule has 1 saturated heterocycles. The standard InChI is InChI=1S/C9H13NOS/c1-7-3-5-12-9(7)11-8-2-4-10-6-8/h3,5,8,10H,2,4,6H2,1H3. The van der Waals surface area contributed by atoms with Gasteiger partial charge in [0, 0.05) is 12.1 Å². The van der Waals surface area contributed by atoms with Crippen LogP contribution < -0.4 is 10.1 Å². The molecule has 1 aromatic heterocycles. The zero-order valence-corrected chi connectivity index (χ0v) is 7.99. The zero-order valence-electron chi connectivity index (χ0n) is 7.17. The van der Waals surface area contributed by atoms with Crippen LogP contribution in [-0.4, -0.2) is 19.2 Å². The smallest absolute Gasteiger partial charge is 0.177 e. The van der Waals surface area contributed by atoms with E-state index in [0.29, 0.717) is 6.10 Å². The highest BCUT2D eigenvalue weighted by molar-refractivity contribution is 7.12. The second-order valence-electron chi connectivity index (χ2n) is 3.12. The highest BCUT2D eigenvalue weighted by Crippen LogP contribution is 2.26. The van der Waals surface area contributed by atoms with Gasteiger partial charge in [0.2, 0.25) is 0 Å². The molecule has 12 heavy (non-hydrogen) atoms. The lowest BCUT2D eigenvalue weighted by molar-refractivity contribution is 0.229. The largest absolute Gasteiger partial charge is 0.479 e. The van der Waals surface area contributed by atoms with Crippen molar-refractivity contribution in [1.82, 2.24) is 5.32 Å². The van der Waals surface area contributed by atoms with E-state index in [1.165, 1.54) is 5.56 Å². The second kappa shape index (κ2) is 3.46. The predicted molar refractivity (Wildman–Crippen MR) is 51.0 cm³/mol. The lowest BCUT2D eigenvalue weighted by Crippen LogP contribution is -2.19. The molecule has 2 heterocycles. The van der Waals surface area contributed by atoms with Gasteiger partial charge in [-0.05, 0) is 31.3 Å². The van der Waals surface area contributed by atoms with Crippen molar-refractivity contribution in [3.05, 3.63) is 17.0 Å². The summed E-state index contributed by atoms with van der Waals surface area (Å²) in [5.41, 5.74) is 1.26. The van der Waals surface area contributed by atoms with E-state index in [0.717, 1.165) is 24.6 Å². The Morgan fingerprint density at radius 1 is 1.67 bits per heavy atom. The Hall–Kier alpha value is -0.540. The molecule has 1 atom stereocenters. The molecule has 3 heteroatoms. The Bertz CT molecular complexity index is 253. The van der Waals surface area contributed by atoms with E-state index in [-0.39, 0.29) is 0 Å². The molecule has 0 bridgehead atoms. The summed E-state index contributed by atoms with van der Waals surface area (Å²) in [5, 5.41) is 6.45. The Balaban J connectivity index is 1.98. The average molecular weight is 183 g/mol. The summed E-state index contributed by atoms with van der Waals surface area (Å²) < 4.78 is 5.80. The molecule has 1 N–H and O–H groups in total. The first-order chi connectivity index (χ1) is 5.86. The molecule has 0 radical (unpaired) electrons. The third-order valence-corrected chi connectivity index (χ3v) is 3.01. The van der Waals surface area contributed by atoms with Crippen molar-refractivity contribution < 1.29 is 4.74 Å². The molecule has 1 aliphatic rings. The summed E-state index contributed by atoms with van der Waals surface area (Å²) >= 11 is 1.69. The van der Waals surface area contributed by atoms with E-state index in [2.05, 4.69) is 23.7 Å². The van der Waals surface area contributed by atoms with Crippen LogP contribution in [0.25, 0.3) is 0 Å². The normalized spacial score (nSPS) is 22.9. The Morgan fingerprint density at radius 2 is 2.58 bits per heavy atom. The average Bonchev–Trinajstić information content (AvgIpc) is 2.65. The van der Waals surface area contributed by atoms with Gasteiger partial charge in [-0.25, -0.2) is 0 Å². The maximum absolute atomic E-state index is 5.80. The van der Waals surface area contributed by atoms with E-state index in [9.17, 15) is 0 Å². The molecule has 0 amide bonds. The summed E-state index contributed by atoms with van der Waals surface area (Å²) in [6.45, 7) is 4.18. The molecular formula is C9H13NOS.